The first-order valence-corrected chi connectivity index (χ1v) is 8.99. The summed E-state index contributed by atoms with van der Waals surface area (Å²) in [6.07, 6.45) is 3.73. The van der Waals surface area contributed by atoms with E-state index in [4.69, 9.17) is 0 Å². The molecule has 134 valence electrons. The van der Waals surface area contributed by atoms with Crippen LogP contribution in [-0.4, -0.2) is 38.0 Å². The van der Waals surface area contributed by atoms with Crippen LogP contribution in [-0.2, 0) is 18.3 Å². The minimum Gasteiger partial charge on any atom is -0.341 e. The maximum Gasteiger partial charge on any atom is 0.330 e. The van der Waals surface area contributed by atoms with Crippen LogP contribution in [0.5, 0.6) is 0 Å². The summed E-state index contributed by atoms with van der Waals surface area (Å²) in [5.41, 5.74) is 2.63. The number of pyridine rings is 1. The number of hydrogen-bond donors (Lipinski definition) is 0. The number of carbonyl (C=O) groups is 1. The Morgan fingerprint density at radius 1 is 1.19 bits per heavy atom. The second kappa shape index (κ2) is 6.78. The van der Waals surface area contributed by atoms with Crippen LogP contribution in [0.15, 0.2) is 53.5 Å². The summed E-state index contributed by atoms with van der Waals surface area (Å²) in [5.74, 6) is 0.151. The topological polar surface area (TPSA) is 60.1 Å². The Bertz CT molecular complexity index is 990. The molecule has 6 nitrogen and oxygen atoms in total. The van der Waals surface area contributed by atoms with Gasteiger partial charge in [-0.15, -0.1) is 0 Å². The van der Waals surface area contributed by atoms with E-state index in [-0.39, 0.29) is 17.6 Å². The first-order chi connectivity index (χ1) is 12.6. The summed E-state index contributed by atoms with van der Waals surface area (Å²) >= 11 is 0. The van der Waals surface area contributed by atoms with Crippen molar-refractivity contribution in [3.05, 3.63) is 64.7 Å². The molecule has 0 aliphatic carbocycles. The highest BCUT2D eigenvalue weighted by molar-refractivity contribution is 5.77. The van der Waals surface area contributed by atoms with Crippen LogP contribution < -0.4 is 5.69 Å². The lowest BCUT2D eigenvalue weighted by Gasteiger charge is -2.17. The summed E-state index contributed by atoms with van der Waals surface area (Å²) in [4.78, 5) is 31.5. The molecule has 3 heterocycles. The molecule has 0 saturated carbocycles. The third kappa shape index (κ3) is 2.92. The predicted molar refractivity (Wildman–Crippen MR) is 100.0 cm³/mol. The Kier molecular flexibility index (Phi) is 4.32. The van der Waals surface area contributed by atoms with Crippen LogP contribution in [0.3, 0.4) is 0 Å². The molecule has 1 aromatic carbocycles. The molecule has 0 N–H and O–H groups in total. The van der Waals surface area contributed by atoms with E-state index in [1.165, 1.54) is 5.56 Å². The number of likely N-dealkylation sites (tertiary alicyclic amines) is 1. The zero-order valence-electron chi connectivity index (χ0n) is 14.8. The van der Waals surface area contributed by atoms with Gasteiger partial charge in [0.15, 0.2) is 5.65 Å². The summed E-state index contributed by atoms with van der Waals surface area (Å²) < 4.78 is 3.38. The molecule has 0 unspecified atom stereocenters. The van der Waals surface area contributed by atoms with Crippen molar-refractivity contribution in [3.8, 4) is 0 Å². The molecule has 1 atom stereocenters. The standard InChI is InChI=1S/C20H22N4O2/c1-22-17-8-5-12-21-19(17)24(20(22)26)16-11-13-23(14-16)18(25)10-9-15-6-3-2-4-7-15/h2-8,12,16H,9-11,13-14H2,1H3/t16-/m0/s1. The highest BCUT2D eigenvalue weighted by atomic mass is 16.2. The Morgan fingerprint density at radius 2 is 2.00 bits per heavy atom. The van der Waals surface area contributed by atoms with Crippen LogP contribution >= 0.6 is 0 Å². The monoisotopic (exact) mass is 350 g/mol. The third-order valence-electron chi connectivity index (χ3n) is 5.20. The Morgan fingerprint density at radius 3 is 2.81 bits per heavy atom. The minimum atomic E-state index is -0.0673. The highest BCUT2D eigenvalue weighted by Crippen LogP contribution is 2.24. The van der Waals surface area contributed by atoms with Crippen LogP contribution in [0.2, 0.25) is 0 Å². The van der Waals surface area contributed by atoms with Gasteiger partial charge in [-0.1, -0.05) is 30.3 Å². The number of amides is 1. The van der Waals surface area contributed by atoms with Crippen LogP contribution in [0.1, 0.15) is 24.4 Å². The zero-order chi connectivity index (χ0) is 18.1. The number of fused-ring (bicyclic) bond motifs is 1. The van der Waals surface area contributed by atoms with E-state index < -0.39 is 0 Å². The molecule has 0 radical (unpaired) electrons. The minimum absolute atomic E-state index is 0.0122. The van der Waals surface area contributed by atoms with Crippen molar-refractivity contribution in [3.63, 3.8) is 0 Å². The molecule has 0 spiro atoms. The molecule has 2 aromatic heterocycles. The smallest absolute Gasteiger partial charge is 0.330 e. The molecule has 1 aliphatic heterocycles. The molecular formula is C20H22N4O2. The number of aryl methyl sites for hydroxylation is 2. The largest absolute Gasteiger partial charge is 0.341 e. The molecule has 1 aliphatic rings. The van der Waals surface area contributed by atoms with E-state index >= 15 is 0 Å². The van der Waals surface area contributed by atoms with Crippen molar-refractivity contribution >= 4 is 17.1 Å². The lowest BCUT2D eigenvalue weighted by molar-refractivity contribution is -0.130. The summed E-state index contributed by atoms with van der Waals surface area (Å²) in [7, 11) is 1.76. The second-order valence-electron chi connectivity index (χ2n) is 6.83. The molecule has 1 amide bonds. The van der Waals surface area contributed by atoms with Crippen molar-refractivity contribution in [2.24, 2.45) is 7.05 Å². The van der Waals surface area contributed by atoms with E-state index in [9.17, 15) is 9.59 Å². The van der Waals surface area contributed by atoms with Gasteiger partial charge in [-0.2, -0.15) is 0 Å². The van der Waals surface area contributed by atoms with Crippen LogP contribution in [0.4, 0.5) is 0 Å². The van der Waals surface area contributed by atoms with Crippen molar-refractivity contribution in [2.75, 3.05) is 13.1 Å². The Labute approximate surface area is 151 Å². The van der Waals surface area contributed by atoms with Crippen molar-refractivity contribution in [1.29, 1.82) is 0 Å². The molecule has 1 saturated heterocycles. The van der Waals surface area contributed by atoms with Gasteiger partial charge in [-0.05, 0) is 30.5 Å². The molecule has 0 bridgehead atoms. The third-order valence-corrected chi connectivity index (χ3v) is 5.20. The molecule has 26 heavy (non-hydrogen) atoms. The van der Waals surface area contributed by atoms with Gasteiger partial charge >= 0.3 is 5.69 Å². The van der Waals surface area contributed by atoms with Crippen molar-refractivity contribution < 1.29 is 4.79 Å². The second-order valence-corrected chi connectivity index (χ2v) is 6.83. The van der Waals surface area contributed by atoms with Gasteiger partial charge < -0.3 is 4.90 Å². The fraction of sp³-hybridized carbons (Fsp3) is 0.350. The van der Waals surface area contributed by atoms with E-state index in [2.05, 4.69) is 4.98 Å². The first kappa shape index (κ1) is 16.6. The van der Waals surface area contributed by atoms with E-state index in [1.807, 2.05) is 47.4 Å². The molecule has 3 aromatic rings. The summed E-state index contributed by atoms with van der Waals surface area (Å²) in [6, 6.07) is 13.8. The summed E-state index contributed by atoms with van der Waals surface area (Å²) in [6.45, 7) is 1.26. The van der Waals surface area contributed by atoms with Gasteiger partial charge in [0.2, 0.25) is 5.91 Å². The average molecular weight is 350 g/mol. The van der Waals surface area contributed by atoms with Gasteiger partial charge in [-0.25, -0.2) is 9.78 Å². The fourth-order valence-electron chi connectivity index (χ4n) is 3.75. The number of benzene rings is 1. The number of hydrogen-bond acceptors (Lipinski definition) is 3. The van der Waals surface area contributed by atoms with Gasteiger partial charge in [0.05, 0.1) is 11.6 Å². The number of aromatic nitrogens is 3. The lowest BCUT2D eigenvalue weighted by Crippen LogP contribution is -2.32. The fourth-order valence-corrected chi connectivity index (χ4v) is 3.75. The number of imidazole rings is 1. The molecule has 1 fully saturated rings. The SMILES string of the molecule is Cn1c(=O)n([C@H]2CCN(C(=O)CCc3ccccc3)C2)c2ncccc21. The predicted octanol–water partition coefficient (Wildman–Crippen LogP) is 2.14. The average Bonchev–Trinajstić information content (AvgIpc) is 3.25. The first-order valence-electron chi connectivity index (χ1n) is 8.99. The molecular weight excluding hydrogens is 328 g/mol. The van der Waals surface area contributed by atoms with Gasteiger partial charge in [0.25, 0.3) is 0 Å². The summed E-state index contributed by atoms with van der Waals surface area (Å²) in [5, 5.41) is 0. The zero-order valence-corrected chi connectivity index (χ0v) is 14.8. The maximum absolute atomic E-state index is 12.6. The van der Waals surface area contributed by atoms with E-state index in [0.717, 1.165) is 18.4 Å². The normalized spacial score (nSPS) is 17.1. The van der Waals surface area contributed by atoms with Crippen molar-refractivity contribution in [1.82, 2.24) is 19.0 Å². The van der Waals surface area contributed by atoms with Crippen LogP contribution in [0, 0.1) is 0 Å². The van der Waals surface area contributed by atoms with E-state index in [1.54, 1.807) is 22.4 Å². The molecule has 4 rings (SSSR count). The van der Waals surface area contributed by atoms with Gasteiger partial charge in [0.1, 0.15) is 0 Å². The Hall–Kier alpha value is -2.89. The Balaban J connectivity index is 1.48. The highest BCUT2D eigenvalue weighted by Gasteiger charge is 2.30. The maximum atomic E-state index is 12.6. The lowest BCUT2D eigenvalue weighted by atomic mass is 10.1. The molecule has 6 heteroatoms. The van der Waals surface area contributed by atoms with E-state index in [0.29, 0.717) is 25.2 Å². The van der Waals surface area contributed by atoms with Crippen LogP contribution in [0.25, 0.3) is 11.2 Å². The quantitative estimate of drug-likeness (QED) is 0.724. The number of carbonyl (C=O) groups excluding carboxylic acids is 1. The van der Waals surface area contributed by atoms with Gasteiger partial charge in [-0.3, -0.25) is 13.9 Å². The number of rotatable bonds is 4. The number of nitrogens with zero attached hydrogens (tertiary/aromatic N) is 4. The van der Waals surface area contributed by atoms with Gasteiger partial charge in [0, 0.05) is 32.8 Å². The van der Waals surface area contributed by atoms with Crippen molar-refractivity contribution in [2.45, 2.75) is 25.3 Å².